The van der Waals surface area contributed by atoms with Crippen molar-refractivity contribution in [2.75, 3.05) is 6.61 Å². The highest BCUT2D eigenvalue weighted by molar-refractivity contribution is 5.83. The average molecular weight is 495 g/mol. The Hall–Kier alpha value is -3.32. The Labute approximate surface area is 208 Å². The molecule has 0 aliphatic carbocycles. The quantitative estimate of drug-likeness (QED) is 0.315. The Bertz CT molecular complexity index is 1410. The van der Waals surface area contributed by atoms with Crippen LogP contribution in [0.2, 0.25) is 0 Å². The molecule has 1 aliphatic rings. The maximum atomic E-state index is 14.5. The Morgan fingerprint density at radius 3 is 2.50 bits per heavy atom. The molecule has 4 nitrogen and oxygen atoms in total. The molecule has 2 aromatic carbocycles. The molecule has 1 aliphatic heterocycles. The predicted octanol–water partition coefficient (Wildman–Crippen LogP) is 6.68. The number of aryl methyl sites for hydroxylation is 1. The number of aromatic nitrogens is 2. The first-order valence-electron chi connectivity index (χ1n) is 12.0. The minimum absolute atomic E-state index is 0.355. The van der Waals surface area contributed by atoms with E-state index in [4.69, 9.17) is 4.74 Å². The van der Waals surface area contributed by atoms with Crippen molar-refractivity contribution in [1.82, 2.24) is 9.97 Å². The van der Waals surface area contributed by atoms with Gasteiger partial charge in [-0.1, -0.05) is 44.2 Å². The van der Waals surface area contributed by atoms with Gasteiger partial charge in [0, 0.05) is 35.7 Å². The summed E-state index contributed by atoms with van der Waals surface area (Å²) in [5.41, 5.74) is 1.27. The molecule has 0 bridgehead atoms. The number of hydrogen-bond donors (Lipinski definition) is 2. The molecule has 4 aromatic rings. The van der Waals surface area contributed by atoms with Gasteiger partial charge in [0.25, 0.3) is 0 Å². The summed E-state index contributed by atoms with van der Waals surface area (Å²) >= 11 is 0. The van der Waals surface area contributed by atoms with Crippen LogP contribution in [0, 0.1) is 6.92 Å². The van der Waals surface area contributed by atoms with Crippen LogP contribution in [0.15, 0.2) is 60.9 Å². The lowest BCUT2D eigenvalue weighted by atomic mass is 9.72. The maximum absolute atomic E-state index is 14.5. The topological polar surface area (TPSA) is 58.1 Å². The van der Waals surface area contributed by atoms with Crippen LogP contribution in [0.3, 0.4) is 0 Å². The Morgan fingerprint density at radius 2 is 1.81 bits per heavy atom. The third-order valence-electron chi connectivity index (χ3n) is 7.31. The van der Waals surface area contributed by atoms with Crippen LogP contribution in [0.5, 0.6) is 5.75 Å². The molecule has 2 aromatic heterocycles. The van der Waals surface area contributed by atoms with Gasteiger partial charge in [0.05, 0.1) is 18.3 Å². The van der Waals surface area contributed by atoms with E-state index < -0.39 is 30.0 Å². The Morgan fingerprint density at radius 1 is 1.06 bits per heavy atom. The summed E-state index contributed by atoms with van der Waals surface area (Å²) in [6.45, 7) is 5.75. The molecule has 0 amide bonds. The minimum atomic E-state index is -4.84. The van der Waals surface area contributed by atoms with E-state index >= 15 is 0 Å². The first-order valence-corrected chi connectivity index (χ1v) is 12.0. The minimum Gasteiger partial charge on any atom is -0.493 e. The Kier molecular flexibility index (Phi) is 5.86. The normalized spacial score (nSPS) is 15.5. The van der Waals surface area contributed by atoms with Gasteiger partial charge in [0.1, 0.15) is 5.75 Å². The molecule has 1 atom stereocenters. The molecule has 1 unspecified atom stereocenters. The lowest BCUT2D eigenvalue weighted by Crippen LogP contribution is -2.51. The molecule has 2 N–H and O–H groups in total. The van der Waals surface area contributed by atoms with E-state index in [1.807, 2.05) is 36.4 Å². The van der Waals surface area contributed by atoms with Crippen molar-refractivity contribution in [2.24, 2.45) is 0 Å². The zero-order valence-corrected chi connectivity index (χ0v) is 20.5. The van der Waals surface area contributed by atoms with E-state index in [-0.39, 0.29) is 0 Å². The molecule has 188 valence electrons. The molecule has 0 radical (unpaired) electrons. The molecule has 0 fully saturated rings. The van der Waals surface area contributed by atoms with Crippen molar-refractivity contribution in [1.29, 1.82) is 0 Å². The first kappa shape index (κ1) is 24.4. The zero-order valence-electron chi connectivity index (χ0n) is 20.5. The number of ether oxygens (including phenoxy) is 1. The van der Waals surface area contributed by atoms with Gasteiger partial charge < -0.3 is 14.8 Å². The number of fused-ring (bicyclic) bond motifs is 2. The number of nitrogens with zero attached hydrogens (tertiary/aromatic N) is 1. The molecule has 3 heterocycles. The summed E-state index contributed by atoms with van der Waals surface area (Å²) in [5.74, 6) is 0.636. The number of halogens is 3. The van der Waals surface area contributed by atoms with Crippen molar-refractivity contribution in [3.8, 4) is 16.9 Å². The number of aromatic amines is 1. The van der Waals surface area contributed by atoms with Crippen molar-refractivity contribution in [2.45, 2.75) is 57.2 Å². The Balaban J connectivity index is 1.56. The lowest BCUT2D eigenvalue weighted by molar-refractivity contribution is -0.266. The van der Waals surface area contributed by atoms with E-state index in [1.165, 1.54) is 0 Å². The van der Waals surface area contributed by atoms with Gasteiger partial charge in [-0.05, 0) is 59.2 Å². The molecular weight excluding hydrogens is 465 g/mol. The van der Waals surface area contributed by atoms with Gasteiger partial charge in [-0.15, -0.1) is 0 Å². The number of pyridine rings is 1. The molecule has 7 heteroatoms. The summed E-state index contributed by atoms with van der Waals surface area (Å²) in [6.07, 6.45) is -2.06. The summed E-state index contributed by atoms with van der Waals surface area (Å²) in [6, 6.07) is 15.5. The number of benzene rings is 2. The van der Waals surface area contributed by atoms with Gasteiger partial charge in [0.2, 0.25) is 0 Å². The van der Waals surface area contributed by atoms with E-state index in [0.717, 1.165) is 22.1 Å². The smallest absolute Gasteiger partial charge is 0.417 e. The number of hydrogen-bond acceptors (Lipinski definition) is 3. The van der Waals surface area contributed by atoms with E-state index in [0.29, 0.717) is 41.1 Å². The zero-order chi connectivity index (χ0) is 25.7. The van der Waals surface area contributed by atoms with Gasteiger partial charge in [-0.2, -0.15) is 13.2 Å². The molecule has 5 rings (SSSR count). The van der Waals surface area contributed by atoms with Crippen LogP contribution in [0.25, 0.3) is 22.0 Å². The summed E-state index contributed by atoms with van der Waals surface area (Å²) in [7, 11) is 0. The number of aliphatic hydroxyl groups is 1. The van der Waals surface area contributed by atoms with Crippen LogP contribution < -0.4 is 4.74 Å². The average Bonchev–Trinajstić information content (AvgIpc) is 3.42. The van der Waals surface area contributed by atoms with E-state index in [9.17, 15) is 18.3 Å². The third kappa shape index (κ3) is 4.26. The van der Waals surface area contributed by atoms with Crippen LogP contribution in [0.1, 0.15) is 42.7 Å². The van der Waals surface area contributed by atoms with Crippen molar-refractivity contribution < 1.29 is 23.0 Å². The summed E-state index contributed by atoms with van der Waals surface area (Å²) in [4.78, 5) is 7.09. The maximum Gasteiger partial charge on any atom is 0.417 e. The number of H-pyrrole nitrogens is 1. The fourth-order valence-corrected chi connectivity index (χ4v) is 5.41. The molecule has 0 saturated carbocycles. The van der Waals surface area contributed by atoms with Crippen LogP contribution >= 0.6 is 0 Å². The highest BCUT2D eigenvalue weighted by atomic mass is 19.4. The van der Waals surface area contributed by atoms with E-state index in [2.05, 4.69) is 16.0 Å². The predicted molar refractivity (Wildman–Crippen MR) is 134 cm³/mol. The van der Waals surface area contributed by atoms with Gasteiger partial charge >= 0.3 is 6.18 Å². The monoisotopic (exact) mass is 494 g/mol. The van der Waals surface area contributed by atoms with Crippen molar-refractivity contribution >= 4 is 10.9 Å². The van der Waals surface area contributed by atoms with Gasteiger partial charge in [-0.3, -0.25) is 4.98 Å². The second-order valence-electron chi connectivity index (χ2n) is 10.4. The van der Waals surface area contributed by atoms with Crippen molar-refractivity contribution in [3.63, 3.8) is 0 Å². The second kappa shape index (κ2) is 8.66. The fraction of sp³-hybridized carbons (Fsp3) is 0.345. The molecule has 36 heavy (non-hydrogen) atoms. The molecular formula is C29H29F3N2O2. The second-order valence-corrected chi connectivity index (χ2v) is 10.4. The largest absolute Gasteiger partial charge is 0.493 e. The van der Waals surface area contributed by atoms with Crippen LogP contribution in [0.4, 0.5) is 13.2 Å². The number of rotatable bonds is 6. The third-order valence-corrected chi connectivity index (χ3v) is 7.31. The molecule has 0 saturated heterocycles. The summed E-state index contributed by atoms with van der Waals surface area (Å²) < 4.78 is 49.5. The number of nitrogens with one attached hydrogen (secondary N) is 1. The van der Waals surface area contributed by atoms with Gasteiger partial charge in [-0.25, -0.2) is 0 Å². The van der Waals surface area contributed by atoms with E-state index in [1.54, 1.807) is 39.2 Å². The lowest BCUT2D eigenvalue weighted by Gasteiger charge is -2.38. The standard InChI is InChI=1S/C29H29F3N2O2/c1-18-22-9-11-33-16-25(22)34-24(18)15-28(35,29(30,31)32)17-27(2,3)23-14-21(19-7-5-4-6-8-19)13-20-10-12-36-26(20)23/h4-9,11,13-14,16,34-35H,10,12,15,17H2,1-3H3. The number of alkyl halides is 3. The van der Waals surface area contributed by atoms with Crippen LogP contribution in [-0.2, 0) is 18.3 Å². The SMILES string of the molecule is Cc1c(CC(O)(CC(C)(C)c2cc(-c3ccccc3)cc3c2OCC3)C(F)(F)F)[nH]c2cnccc12. The molecule has 0 spiro atoms. The summed E-state index contributed by atoms with van der Waals surface area (Å²) in [5, 5.41) is 12.1. The fourth-order valence-electron chi connectivity index (χ4n) is 5.41. The highest BCUT2D eigenvalue weighted by Crippen LogP contribution is 2.48. The van der Waals surface area contributed by atoms with Crippen LogP contribution in [-0.4, -0.2) is 33.5 Å². The van der Waals surface area contributed by atoms with Gasteiger partial charge in [0.15, 0.2) is 5.60 Å². The van der Waals surface area contributed by atoms with Crippen molar-refractivity contribution in [3.05, 3.63) is 83.3 Å². The highest BCUT2D eigenvalue weighted by Gasteiger charge is 2.56. The first-order chi connectivity index (χ1) is 17.0.